The number of benzene rings is 1. The Kier molecular flexibility index (Phi) is 4.43. The van der Waals surface area contributed by atoms with Crippen LogP contribution in [0.2, 0.25) is 0 Å². The molecule has 21 heavy (non-hydrogen) atoms. The molecule has 0 amide bonds. The molecule has 0 fully saturated rings. The second-order valence-corrected chi connectivity index (χ2v) is 7.23. The smallest absolute Gasteiger partial charge is 0.0310 e. The molecule has 2 heterocycles. The molecule has 1 unspecified atom stereocenters. The maximum absolute atomic E-state index is 6.16. The third kappa shape index (κ3) is 3.20. The molecule has 1 atom stereocenters. The molecule has 0 spiro atoms. The predicted molar refractivity (Wildman–Crippen MR) is 90.7 cm³/mol. The van der Waals surface area contributed by atoms with Crippen molar-refractivity contribution in [3.63, 3.8) is 0 Å². The van der Waals surface area contributed by atoms with Crippen molar-refractivity contribution >= 4 is 11.3 Å². The van der Waals surface area contributed by atoms with Crippen molar-refractivity contribution in [3.8, 4) is 0 Å². The lowest BCUT2D eigenvalue weighted by molar-refractivity contribution is 0.0877. The molecule has 1 aliphatic heterocycles. The van der Waals surface area contributed by atoms with E-state index in [-0.39, 0.29) is 5.54 Å². The first-order valence-electron chi connectivity index (χ1n) is 7.75. The fourth-order valence-corrected chi connectivity index (χ4v) is 4.05. The molecule has 2 N–H and O–H groups in total. The molecular weight excluding hydrogens is 276 g/mol. The Labute approximate surface area is 131 Å². The van der Waals surface area contributed by atoms with E-state index in [2.05, 4.69) is 53.6 Å². The maximum Gasteiger partial charge on any atom is 0.0310 e. The van der Waals surface area contributed by atoms with Gasteiger partial charge >= 0.3 is 0 Å². The molecule has 0 aliphatic carbocycles. The van der Waals surface area contributed by atoms with Crippen LogP contribution in [0.15, 0.2) is 41.8 Å². The van der Waals surface area contributed by atoms with Gasteiger partial charge in [0, 0.05) is 30.1 Å². The average Bonchev–Trinajstić information content (AvgIpc) is 3.01. The first kappa shape index (κ1) is 14.8. The summed E-state index contributed by atoms with van der Waals surface area (Å²) in [5.41, 5.74) is 9.16. The Bertz CT molecular complexity index is 578. The third-order valence-electron chi connectivity index (χ3n) is 4.81. The third-order valence-corrected chi connectivity index (χ3v) is 5.83. The molecular formula is C18H24N2S. The van der Waals surface area contributed by atoms with Crippen LogP contribution in [0.25, 0.3) is 0 Å². The van der Waals surface area contributed by atoms with Crippen molar-refractivity contribution in [2.75, 3.05) is 13.1 Å². The van der Waals surface area contributed by atoms with Crippen LogP contribution in [0.4, 0.5) is 0 Å². The minimum Gasteiger partial charge on any atom is -0.329 e. The summed E-state index contributed by atoms with van der Waals surface area (Å²) in [6.07, 6.45) is 3.39. The van der Waals surface area contributed by atoms with Crippen LogP contribution >= 0.6 is 11.3 Å². The molecule has 0 saturated carbocycles. The molecule has 1 aliphatic rings. The summed E-state index contributed by atoms with van der Waals surface area (Å²) in [5.74, 6) is 0. The van der Waals surface area contributed by atoms with Gasteiger partial charge in [0.25, 0.3) is 0 Å². The largest absolute Gasteiger partial charge is 0.329 e. The van der Waals surface area contributed by atoms with Gasteiger partial charge in [0.2, 0.25) is 0 Å². The first-order chi connectivity index (χ1) is 10.2. The lowest BCUT2D eigenvalue weighted by atomic mass is 9.89. The van der Waals surface area contributed by atoms with Gasteiger partial charge in [0.15, 0.2) is 0 Å². The molecule has 0 saturated heterocycles. The summed E-state index contributed by atoms with van der Waals surface area (Å²) in [6, 6.07) is 13.0. The lowest BCUT2D eigenvalue weighted by Crippen LogP contribution is -2.53. The van der Waals surface area contributed by atoms with E-state index >= 15 is 0 Å². The molecule has 3 rings (SSSR count). The normalized spacial score (nSPS) is 18.2. The van der Waals surface area contributed by atoms with Gasteiger partial charge in [-0.3, -0.25) is 4.90 Å². The van der Waals surface area contributed by atoms with E-state index in [0.717, 1.165) is 32.5 Å². The van der Waals surface area contributed by atoms with Crippen molar-refractivity contribution in [2.45, 2.75) is 38.3 Å². The Hall–Kier alpha value is -1.16. The van der Waals surface area contributed by atoms with Crippen LogP contribution in [0.5, 0.6) is 0 Å². The highest BCUT2D eigenvalue weighted by Gasteiger charge is 2.32. The number of aryl methyl sites for hydroxylation is 1. The Morgan fingerprint density at radius 2 is 2.05 bits per heavy atom. The van der Waals surface area contributed by atoms with E-state index < -0.39 is 0 Å². The van der Waals surface area contributed by atoms with Crippen molar-refractivity contribution in [3.05, 3.63) is 57.8 Å². The molecule has 0 radical (unpaired) electrons. The lowest BCUT2D eigenvalue weighted by Gasteiger charge is -2.43. The van der Waals surface area contributed by atoms with E-state index in [4.69, 9.17) is 5.73 Å². The highest BCUT2D eigenvalue weighted by atomic mass is 32.1. The van der Waals surface area contributed by atoms with Crippen LogP contribution in [-0.2, 0) is 19.4 Å². The van der Waals surface area contributed by atoms with E-state index in [1.807, 2.05) is 11.3 Å². The molecule has 1 aromatic heterocycles. The van der Waals surface area contributed by atoms with Gasteiger partial charge in [-0.05, 0) is 48.8 Å². The Morgan fingerprint density at radius 1 is 1.24 bits per heavy atom. The van der Waals surface area contributed by atoms with E-state index in [1.54, 1.807) is 4.88 Å². The summed E-state index contributed by atoms with van der Waals surface area (Å²) in [5, 5.41) is 2.22. The van der Waals surface area contributed by atoms with Gasteiger partial charge in [0.1, 0.15) is 0 Å². The summed E-state index contributed by atoms with van der Waals surface area (Å²) >= 11 is 1.90. The standard InChI is InChI=1S/C18H24N2S/c1-18(14-19,10-7-15-5-3-2-4-6-15)20-11-8-17-16(13-20)9-12-21-17/h2-6,9,12H,7-8,10-11,13-14,19H2,1H3. The maximum atomic E-state index is 6.16. The second-order valence-electron chi connectivity index (χ2n) is 6.23. The Balaban J connectivity index is 1.68. The first-order valence-corrected chi connectivity index (χ1v) is 8.63. The van der Waals surface area contributed by atoms with Gasteiger partial charge < -0.3 is 5.73 Å². The SMILES string of the molecule is CC(CN)(CCc1ccccc1)N1CCc2sccc2C1. The van der Waals surface area contributed by atoms with Crippen LogP contribution < -0.4 is 5.73 Å². The number of nitrogens with two attached hydrogens (primary N) is 1. The molecule has 1 aromatic carbocycles. The second kappa shape index (κ2) is 6.30. The molecule has 2 nitrogen and oxygen atoms in total. The number of fused-ring (bicyclic) bond motifs is 1. The van der Waals surface area contributed by atoms with Gasteiger partial charge in [-0.2, -0.15) is 0 Å². The molecule has 3 heteroatoms. The fraction of sp³-hybridized carbons (Fsp3) is 0.444. The van der Waals surface area contributed by atoms with Crippen LogP contribution in [0.1, 0.15) is 29.3 Å². The zero-order valence-electron chi connectivity index (χ0n) is 12.7. The van der Waals surface area contributed by atoms with Crippen molar-refractivity contribution in [1.82, 2.24) is 4.90 Å². The quantitative estimate of drug-likeness (QED) is 0.916. The van der Waals surface area contributed by atoms with Crippen molar-refractivity contribution in [1.29, 1.82) is 0 Å². The highest BCUT2D eigenvalue weighted by molar-refractivity contribution is 7.10. The fourth-order valence-electron chi connectivity index (χ4n) is 3.16. The summed E-state index contributed by atoms with van der Waals surface area (Å²) in [4.78, 5) is 4.15. The molecule has 0 bridgehead atoms. The molecule has 2 aromatic rings. The van der Waals surface area contributed by atoms with Gasteiger partial charge in [-0.15, -0.1) is 11.3 Å². The number of rotatable bonds is 5. The van der Waals surface area contributed by atoms with Crippen LogP contribution in [0.3, 0.4) is 0 Å². The zero-order chi connectivity index (χ0) is 14.7. The Morgan fingerprint density at radius 3 is 2.81 bits per heavy atom. The molecule has 112 valence electrons. The highest BCUT2D eigenvalue weighted by Crippen LogP contribution is 2.30. The zero-order valence-corrected chi connectivity index (χ0v) is 13.5. The van der Waals surface area contributed by atoms with Gasteiger partial charge in [0.05, 0.1) is 0 Å². The minimum absolute atomic E-state index is 0.0927. The van der Waals surface area contributed by atoms with Gasteiger partial charge in [-0.1, -0.05) is 30.3 Å². The number of nitrogens with zero attached hydrogens (tertiary/aromatic N) is 1. The van der Waals surface area contributed by atoms with Crippen LogP contribution in [0, 0.1) is 0 Å². The number of thiophene rings is 1. The summed E-state index contributed by atoms with van der Waals surface area (Å²) < 4.78 is 0. The topological polar surface area (TPSA) is 29.3 Å². The van der Waals surface area contributed by atoms with Gasteiger partial charge in [-0.25, -0.2) is 0 Å². The predicted octanol–water partition coefficient (Wildman–Crippen LogP) is 3.46. The summed E-state index contributed by atoms with van der Waals surface area (Å²) in [6.45, 7) is 5.24. The van der Waals surface area contributed by atoms with E-state index in [1.165, 1.54) is 17.5 Å². The number of hydrogen-bond donors (Lipinski definition) is 1. The van der Waals surface area contributed by atoms with E-state index in [0.29, 0.717) is 0 Å². The minimum atomic E-state index is 0.0927. The monoisotopic (exact) mass is 300 g/mol. The van der Waals surface area contributed by atoms with Crippen LogP contribution in [-0.4, -0.2) is 23.5 Å². The average molecular weight is 300 g/mol. The van der Waals surface area contributed by atoms with Crippen molar-refractivity contribution < 1.29 is 0 Å². The van der Waals surface area contributed by atoms with E-state index in [9.17, 15) is 0 Å². The summed E-state index contributed by atoms with van der Waals surface area (Å²) in [7, 11) is 0. The van der Waals surface area contributed by atoms with Crippen molar-refractivity contribution in [2.24, 2.45) is 5.73 Å². The number of hydrogen-bond acceptors (Lipinski definition) is 3.